The second-order valence-electron chi connectivity index (χ2n) is 3.15. The Morgan fingerprint density at radius 1 is 1.33 bits per heavy atom. The van der Waals surface area contributed by atoms with Gasteiger partial charge in [0.2, 0.25) is 11.8 Å². The van der Waals surface area contributed by atoms with E-state index < -0.39 is 10.9 Å². The van der Waals surface area contributed by atoms with E-state index in [2.05, 4.69) is 9.97 Å². The van der Waals surface area contributed by atoms with Crippen molar-refractivity contribution in [1.82, 2.24) is 9.97 Å². The molecule has 1 aromatic heterocycles. The molecular formula is C10H5ClFN3O3. The number of non-ortho nitro benzene ring substituents is 1. The minimum absolute atomic E-state index is 0.0308. The van der Waals surface area contributed by atoms with Crippen LogP contribution in [0, 0.1) is 16.1 Å². The van der Waals surface area contributed by atoms with Gasteiger partial charge < -0.3 is 4.74 Å². The van der Waals surface area contributed by atoms with E-state index >= 15 is 0 Å². The maximum absolute atomic E-state index is 12.8. The molecule has 0 N–H and O–H groups in total. The number of aromatic nitrogens is 2. The molecule has 0 unspecified atom stereocenters. The zero-order valence-corrected chi connectivity index (χ0v) is 9.46. The molecule has 0 aliphatic heterocycles. The van der Waals surface area contributed by atoms with Crippen molar-refractivity contribution in [1.29, 1.82) is 0 Å². The largest absolute Gasteiger partial charge is 0.437 e. The third-order valence-electron chi connectivity index (χ3n) is 1.95. The normalized spacial score (nSPS) is 10.1. The fourth-order valence-corrected chi connectivity index (χ4v) is 1.39. The minimum atomic E-state index is -0.752. The van der Waals surface area contributed by atoms with E-state index in [0.717, 1.165) is 18.5 Å². The van der Waals surface area contributed by atoms with Crippen LogP contribution in [0.3, 0.4) is 0 Å². The lowest BCUT2D eigenvalue weighted by molar-refractivity contribution is -0.384. The van der Waals surface area contributed by atoms with Crippen LogP contribution in [0.4, 0.5) is 10.1 Å². The third kappa shape index (κ3) is 2.69. The van der Waals surface area contributed by atoms with E-state index in [1.54, 1.807) is 0 Å². The number of benzene rings is 1. The first-order valence-corrected chi connectivity index (χ1v) is 5.03. The zero-order valence-electron chi connectivity index (χ0n) is 8.71. The number of halogens is 2. The summed E-state index contributed by atoms with van der Waals surface area (Å²) in [5, 5.41) is 10.5. The van der Waals surface area contributed by atoms with Gasteiger partial charge in [0.05, 0.1) is 16.0 Å². The molecule has 1 aromatic carbocycles. The van der Waals surface area contributed by atoms with Gasteiger partial charge in [0.25, 0.3) is 5.69 Å². The monoisotopic (exact) mass is 269 g/mol. The van der Waals surface area contributed by atoms with Crippen molar-refractivity contribution in [2.75, 3.05) is 0 Å². The lowest BCUT2D eigenvalue weighted by Crippen LogP contribution is -1.93. The fraction of sp³-hybridized carbons (Fsp3) is 0. The van der Waals surface area contributed by atoms with Crippen molar-refractivity contribution >= 4 is 17.3 Å². The highest BCUT2D eigenvalue weighted by atomic mass is 35.5. The summed E-state index contributed by atoms with van der Waals surface area (Å²) < 4.78 is 18.0. The lowest BCUT2D eigenvalue weighted by atomic mass is 10.3. The van der Waals surface area contributed by atoms with E-state index in [1.165, 1.54) is 12.1 Å². The van der Waals surface area contributed by atoms with Gasteiger partial charge in [0.15, 0.2) is 0 Å². The highest BCUT2D eigenvalue weighted by Crippen LogP contribution is 2.31. The summed E-state index contributed by atoms with van der Waals surface area (Å²) in [5.41, 5.74) is -0.166. The predicted molar refractivity (Wildman–Crippen MR) is 60.2 cm³/mol. The maximum Gasteiger partial charge on any atom is 0.271 e. The molecule has 0 aliphatic carbocycles. The summed E-state index contributed by atoms with van der Waals surface area (Å²) >= 11 is 5.80. The summed E-state index contributed by atoms with van der Waals surface area (Å²) in [6.07, 6.45) is 0.990. The molecule has 2 aromatic rings. The topological polar surface area (TPSA) is 78.2 Å². The van der Waals surface area contributed by atoms with Crippen molar-refractivity contribution in [3.05, 3.63) is 51.7 Å². The van der Waals surface area contributed by atoms with Gasteiger partial charge in [-0.05, 0) is 6.07 Å². The quantitative estimate of drug-likeness (QED) is 0.486. The Morgan fingerprint density at radius 3 is 2.72 bits per heavy atom. The van der Waals surface area contributed by atoms with Crippen LogP contribution in [0.5, 0.6) is 11.6 Å². The molecule has 0 bridgehead atoms. The summed E-state index contributed by atoms with van der Waals surface area (Å²) in [6, 6.07) is 4.63. The molecule has 18 heavy (non-hydrogen) atoms. The van der Waals surface area contributed by atoms with Gasteiger partial charge >= 0.3 is 0 Å². The van der Waals surface area contributed by atoms with Crippen LogP contribution < -0.4 is 4.74 Å². The van der Waals surface area contributed by atoms with Crippen molar-refractivity contribution in [2.45, 2.75) is 0 Å². The standard InChI is InChI=1S/C10H5ClFN3O3/c11-7-3-6(15(16)17)1-2-8(7)18-10-4-9(12)13-5-14-10/h1-5H. The van der Waals surface area contributed by atoms with Gasteiger partial charge in [-0.1, -0.05) is 11.6 Å². The van der Waals surface area contributed by atoms with Gasteiger partial charge in [-0.2, -0.15) is 4.39 Å². The second-order valence-corrected chi connectivity index (χ2v) is 3.56. The molecule has 0 fully saturated rings. The minimum Gasteiger partial charge on any atom is -0.437 e. The average Bonchev–Trinajstić information content (AvgIpc) is 2.31. The Balaban J connectivity index is 2.27. The Kier molecular flexibility index (Phi) is 3.33. The van der Waals surface area contributed by atoms with Crippen LogP contribution in [-0.4, -0.2) is 14.9 Å². The summed E-state index contributed by atoms with van der Waals surface area (Å²) in [6.45, 7) is 0. The molecule has 2 rings (SSSR count). The van der Waals surface area contributed by atoms with Gasteiger partial charge in [0.1, 0.15) is 12.1 Å². The Hall–Kier alpha value is -2.28. The maximum atomic E-state index is 12.8. The van der Waals surface area contributed by atoms with Gasteiger partial charge in [-0.25, -0.2) is 9.97 Å². The number of hydrogen-bond donors (Lipinski definition) is 0. The molecule has 92 valence electrons. The van der Waals surface area contributed by atoms with Crippen LogP contribution in [-0.2, 0) is 0 Å². The fourth-order valence-electron chi connectivity index (χ4n) is 1.17. The summed E-state index contributed by atoms with van der Waals surface area (Å²) in [4.78, 5) is 16.8. The van der Waals surface area contributed by atoms with Crippen molar-refractivity contribution in [3.63, 3.8) is 0 Å². The molecule has 0 radical (unpaired) electrons. The first kappa shape index (κ1) is 12.2. The molecule has 1 heterocycles. The smallest absolute Gasteiger partial charge is 0.271 e. The van der Waals surface area contributed by atoms with Gasteiger partial charge in [0, 0.05) is 12.1 Å². The predicted octanol–water partition coefficient (Wildman–Crippen LogP) is 2.97. The first-order chi connectivity index (χ1) is 8.56. The van der Waals surface area contributed by atoms with E-state index in [-0.39, 0.29) is 22.3 Å². The third-order valence-corrected chi connectivity index (χ3v) is 2.24. The van der Waals surface area contributed by atoms with Crippen LogP contribution in [0.1, 0.15) is 0 Å². The van der Waals surface area contributed by atoms with E-state index in [0.29, 0.717) is 0 Å². The molecule has 0 spiro atoms. The molecule has 0 saturated heterocycles. The number of ether oxygens (including phenoxy) is 1. The molecule has 0 aliphatic rings. The van der Waals surface area contributed by atoms with E-state index in [4.69, 9.17) is 16.3 Å². The van der Waals surface area contributed by atoms with E-state index in [9.17, 15) is 14.5 Å². The number of nitro groups is 1. The van der Waals surface area contributed by atoms with Gasteiger partial charge in [-0.3, -0.25) is 10.1 Å². The number of nitro benzene ring substituents is 1. The molecule has 6 nitrogen and oxygen atoms in total. The first-order valence-electron chi connectivity index (χ1n) is 4.65. The van der Waals surface area contributed by atoms with Crippen LogP contribution in [0.2, 0.25) is 5.02 Å². The molecule has 0 saturated carbocycles. The molecule has 0 atom stereocenters. The van der Waals surface area contributed by atoms with Crippen molar-refractivity contribution < 1.29 is 14.1 Å². The average molecular weight is 270 g/mol. The highest BCUT2D eigenvalue weighted by molar-refractivity contribution is 6.32. The zero-order chi connectivity index (χ0) is 13.1. The van der Waals surface area contributed by atoms with Crippen molar-refractivity contribution in [3.8, 4) is 11.6 Å². The SMILES string of the molecule is O=[N+]([O-])c1ccc(Oc2cc(F)ncn2)c(Cl)c1. The highest BCUT2D eigenvalue weighted by Gasteiger charge is 2.11. The number of nitrogens with zero attached hydrogens (tertiary/aromatic N) is 3. The summed E-state index contributed by atoms with van der Waals surface area (Å²) in [7, 11) is 0. The molecular weight excluding hydrogens is 265 g/mol. The lowest BCUT2D eigenvalue weighted by Gasteiger charge is -2.05. The van der Waals surface area contributed by atoms with Crippen molar-refractivity contribution in [2.24, 2.45) is 0 Å². The second kappa shape index (κ2) is 4.92. The van der Waals surface area contributed by atoms with Crippen LogP contribution in [0.25, 0.3) is 0 Å². The molecule has 0 amide bonds. The van der Waals surface area contributed by atoms with E-state index in [1.807, 2.05) is 0 Å². The molecule has 8 heteroatoms. The van der Waals surface area contributed by atoms with Gasteiger partial charge in [-0.15, -0.1) is 0 Å². The van der Waals surface area contributed by atoms with Crippen LogP contribution in [0.15, 0.2) is 30.6 Å². The Morgan fingerprint density at radius 2 is 2.11 bits per heavy atom. The summed E-state index contributed by atoms with van der Waals surface area (Å²) in [5.74, 6) is -0.656. The Labute approximate surface area is 105 Å². The number of hydrogen-bond acceptors (Lipinski definition) is 5. The number of rotatable bonds is 3. The Bertz CT molecular complexity index is 609. The van der Waals surface area contributed by atoms with Crippen LogP contribution >= 0.6 is 11.6 Å².